The average molecular weight is 472 g/mol. The Morgan fingerprint density at radius 3 is 2.57 bits per heavy atom. The van der Waals surface area contributed by atoms with Gasteiger partial charge in [0, 0.05) is 17.0 Å². The number of rotatable bonds is 3. The number of carbonyl (C=O) groups excluding carboxylic acids is 1. The molecule has 1 N–H and O–H groups in total. The monoisotopic (exact) mass is 471 g/mol. The summed E-state index contributed by atoms with van der Waals surface area (Å²) in [5.41, 5.74) is 3.42. The zero-order valence-electron chi connectivity index (χ0n) is 21.4. The summed E-state index contributed by atoms with van der Waals surface area (Å²) < 4.78 is 6.08. The molecule has 1 aromatic carbocycles. The summed E-state index contributed by atoms with van der Waals surface area (Å²) in [7, 11) is 0. The molecule has 3 aliphatic carbocycles. The van der Waals surface area contributed by atoms with E-state index in [1.807, 2.05) is 12.1 Å². The molecule has 5 heteroatoms. The van der Waals surface area contributed by atoms with E-state index >= 15 is 0 Å². The summed E-state index contributed by atoms with van der Waals surface area (Å²) in [6.07, 6.45) is 13.2. The lowest BCUT2D eigenvalue weighted by atomic mass is 9.46. The minimum Gasteiger partial charge on any atom is -0.432 e. The fourth-order valence-electron chi connectivity index (χ4n) is 8.18. The molecule has 1 aliphatic heterocycles. The maximum atomic E-state index is 13.1. The highest BCUT2D eigenvalue weighted by Crippen LogP contribution is 2.64. The van der Waals surface area contributed by atoms with Crippen molar-refractivity contribution < 1.29 is 9.53 Å². The number of ether oxygens (including phenoxy) is 1. The number of aryl methyl sites for hydroxylation is 1. The molecule has 35 heavy (non-hydrogen) atoms. The molecule has 1 amide bonds. The smallest absolute Gasteiger partial charge is 0.287 e. The van der Waals surface area contributed by atoms with E-state index in [4.69, 9.17) is 4.74 Å². The highest BCUT2D eigenvalue weighted by atomic mass is 16.5. The lowest BCUT2D eigenvalue weighted by molar-refractivity contribution is -0.128. The van der Waals surface area contributed by atoms with E-state index in [-0.39, 0.29) is 17.4 Å². The molecule has 2 heterocycles. The van der Waals surface area contributed by atoms with Crippen molar-refractivity contribution in [3.05, 3.63) is 54.1 Å². The fraction of sp³-hybridized carbons (Fsp3) is 0.567. The second-order valence-corrected chi connectivity index (χ2v) is 12.2. The van der Waals surface area contributed by atoms with Crippen molar-refractivity contribution in [1.29, 1.82) is 0 Å². The van der Waals surface area contributed by atoms with Gasteiger partial charge in [-0.15, -0.1) is 0 Å². The Labute approximate surface area is 208 Å². The molecule has 3 fully saturated rings. The standard InChI is InChI=1S/C30H37N3O2/c1-18-7-9-20(10-8-18)23-16-32-26(17-31-23)35-24-15-30(4)22-11-13-29(3)12-5-6-21(29)27(22)19(2)14-25(30)33-28(24)34/h7-10,15-17,19,21-22,25,27H,5-6,11-14H2,1-4H3,(H,33,34)/t19-,21-,22-,25+,27-,29-,30+/m0/s1. The first-order valence-electron chi connectivity index (χ1n) is 13.4. The van der Waals surface area contributed by atoms with Crippen molar-refractivity contribution in [2.45, 2.75) is 72.3 Å². The molecule has 6 rings (SSSR count). The van der Waals surface area contributed by atoms with Crippen LogP contribution >= 0.6 is 0 Å². The van der Waals surface area contributed by atoms with Crippen LogP contribution in [-0.4, -0.2) is 21.9 Å². The third-order valence-electron chi connectivity index (χ3n) is 10.1. The van der Waals surface area contributed by atoms with Gasteiger partial charge in [0.2, 0.25) is 5.88 Å². The van der Waals surface area contributed by atoms with Gasteiger partial charge in [-0.3, -0.25) is 4.79 Å². The number of nitrogens with one attached hydrogen (secondary N) is 1. The van der Waals surface area contributed by atoms with Crippen molar-refractivity contribution >= 4 is 5.91 Å². The van der Waals surface area contributed by atoms with Crippen LogP contribution in [0.25, 0.3) is 11.3 Å². The SMILES string of the molecule is Cc1ccc(-c2cnc(OC3=C[C@@]4(C)[C@@H](C[C@H](C)[C@H]5[C@@H]6CCC[C@@]6(C)CC[C@@H]54)NC3=O)cn2)cc1. The van der Waals surface area contributed by atoms with E-state index in [0.29, 0.717) is 28.9 Å². The van der Waals surface area contributed by atoms with E-state index in [1.54, 1.807) is 12.4 Å². The largest absolute Gasteiger partial charge is 0.432 e. The number of fused-ring (bicyclic) bond motifs is 5. The van der Waals surface area contributed by atoms with Gasteiger partial charge >= 0.3 is 0 Å². The summed E-state index contributed by atoms with van der Waals surface area (Å²) in [5.74, 6) is 3.33. The maximum Gasteiger partial charge on any atom is 0.287 e. The normalized spacial score (nSPS) is 38.0. The first kappa shape index (κ1) is 22.8. The molecule has 3 saturated carbocycles. The predicted octanol–water partition coefficient (Wildman–Crippen LogP) is 6.09. The van der Waals surface area contributed by atoms with Crippen LogP contribution in [0.3, 0.4) is 0 Å². The Balaban J connectivity index is 1.27. The zero-order chi connectivity index (χ0) is 24.4. The quantitative estimate of drug-likeness (QED) is 0.588. The Hall–Kier alpha value is -2.69. The van der Waals surface area contributed by atoms with Gasteiger partial charge in [-0.1, -0.05) is 57.0 Å². The Kier molecular flexibility index (Phi) is 5.32. The van der Waals surface area contributed by atoms with Gasteiger partial charge in [0.1, 0.15) is 0 Å². The molecule has 184 valence electrons. The van der Waals surface area contributed by atoms with Crippen molar-refractivity contribution in [3.8, 4) is 17.1 Å². The lowest BCUT2D eigenvalue weighted by Crippen LogP contribution is -2.62. The topological polar surface area (TPSA) is 64.1 Å². The fourth-order valence-corrected chi connectivity index (χ4v) is 8.18. The third kappa shape index (κ3) is 3.70. The van der Waals surface area contributed by atoms with Crippen LogP contribution in [0.1, 0.15) is 64.9 Å². The van der Waals surface area contributed by atoms with Gasteiger partial charge in [-0.2, -0.15) is 0 Å². The van der Waals surface area contributed by atoms with E-state index in [1.165, 1.54) is 37.7 Å². The number of hydrogen-bond donors (Lipinski definition) is 1. The van der Waals surface area contributed by atoms with Crippen LogP contribution in [-0.2, 0) is 4.79 Å². The molecule has 0 saturated heterocycles. The second-order valence-electron chi connectivity index (χ2n) is 12.2. The van der Waals surface area contributed by atoms with Crippen LogP contribution in [0.5, 0.6) is 5.88 Å². The molecule has 0 bridgehead atoms. The maximum absolute atomic E-state index is 13.1. The van der Waals surface area contributed by atoms with Gasteiger partial charge in [-0.05, 0) is 74.2 Å². The molecule has 2 aromatic rings. The van der Waals surface area contributed by atoms with Crippen LogP contribution in [0.2, 0.25) is 0 Å². The van der Waals surface area contributed by atoms with E-state index in [0.717, 1.165) is 29.5 Å². The van der Waals surface area contributed by atoms with Crippen molar-refractivity contribution in [1.82, 2.24) is 15.3 Å². The number of nitrogens with zero attached hydrogens (tertiary/aromatic N) is 2. The minimum atomic E-state index is -0.135. The van der Waals surface area contributed by atoms with E-state index in [9.17, 15) is 4.79 Å². The Morgan fingerprint density at radius 2 is 1.83 bits per heavy atom. The molecule has 1 aromatic heterocycles. The zero-order valence-corrected chi connectivity index (χ0v) is 21.4. The minimum absolute atomic E-state index is 0.0976. The molecule has 4 aliphatic rings. The van der Waals surface area contributed by atoms with Gasteiger partial charge in [0.15, 0.2) is 5.76 Å². The number of hydrogen-bond acceptors (Lipinski definition) is 4. The highest BCUT2D eigenvalue weighted by Gasteiger charge is 2.60. The molecule has 0 radical (unpaired) electrons. The van der Waals surface area contributed by atoms with Gasteiger partial charge in [0.05, 0.1) is 18.1 Å². The van der Waals surface area contributed by atoms with Crippen molar-refractivity contribution in [2.75, 3.05) is 0 Å². The van der Waals surface area contributed by atoms with Crippen molar-refractivity contribution in [2.24, 2.45) is 34.5 Å². The number of carbonyl (C=O) groups is 1. The Morgan fingerprint density at radius 1 is 1.03 bits per heavy atom. The van der Waals surface area contributed by atoms with Crippen molar-refractivity contribution in [3.63, 3.8) is 0 Å². The van der Waals surface area contributed by atoms with Crippen LogP contribution in [0, 0.1) is 41.4 Å². The number of amides is 1. The van der Waals surface area contributed by atoms with E-state index in [2.05, 4.69) is 61.2 Å². The first-order valence-corrected chi connectivity index (χ1v) is 13.4. The molecule has 7 atom stereocenters. The predicted molar refractivity (Wildman–Crippen MR) is 136 cm³/mol. The Bertz CT molecular complexity index is 1160. The van der Waals surface area contributed by atoms with Crippen LogP contribution in [0.15, 0.2) is 48.5 Å². The van der Waals surface area contributed by atoms with Gasteiger partial charge in [0.25, 0.3) is 5.91 Å². The molecule has 0 spiro atoms. The average Bonchev–Trinajstić information content (AvgIpc) is 3.24. The van der Waals surface area contributed by atoms with Crippen LogP contribution in [0.4, 0.5) is 0 Å². The summed E-state index contributed by atoms with van der Waals surface area (Å²) in [5, 5.41) is 3.32. The number of aromatic nitrogens is 2. The van der Waals surface area contributed by atoms with Gasteiger partial charge < -0.3 is 10.1 Å². The summed E-state index contributed by atoms with van der Waals surface area (Å²) in [6.45, 7) is 9.38. The number of benzene rings is 1. The summed E-state index contributed by atoms with van der Waals surface area (Å²) >= 11 is 0. The molecule has 0 unspecified atom stereocenters. The second kappa shape index (κ2) is 8.18. The highest BCUT2D eigenvalue weighted by molar-refractivity contribution is 5.93. The summed E-state index contributed by atoms with van der Waals surface area (Å²) in [4.78, 5) is 22.1. The lowest BCUT2D eigenvalue weighted by Gasteiger charge is -2.60. The molecular weight excluding hydrogens is 434 g/mol. The first-order chi connectivity index (χ1) is 16.8. The van der Waals surface area contributed by atoms with Gasteiger partial charge in [-0.25, -0.2) is 9.97 Å². The molecular formula is C30H37N3O2. The summed E-state index contributed by atoms with van der Waals surface area (Å²) in [6, 6.07) is 8.37. The van der Waals surface area contributed by atoms with Crippen LogP contribution < -0.4 is 10.1 Å². The molecule has 5 nitrogen and oxygen atoms in total. The van der Waals surface area contributed by atoms with E-state index < -0.39 is 0 Å². The third-order valence-corrected chi connectivity index (χ3v) is 10.1.